The summed E-state index contributed by atoms with van der Waals surface area (Å²) in [6, 6.07) is 4.27. The lowest BCUT2D eigenvalue weighted by molar-refractivity contribution is 0.0624. The third-order valence-electron chi connectivity index (χ3n) is 2.37. The molecule has 0 bridgehead atoms. The maximum absolute atomic E-state index is 5.61. The number of aromatic nitrogens is 1. The smallest absolute Gasteiger partial charge is 0.0665 e. The fourth-order valence-corrected chi connectivity index (χ4v) is 1.48. The van der Waals surface area contributed by atoms with Crippen molar-refractivity contribution in [3.05, 3.63) is 29.6 Å². The second kappa shape index (κ2) is 5.83. The summed E-state index contributed by atoms with van der Waals surface area (Å²) in [5.74, 6) is 0. The second-order valence-electron chi connectivity index (χ2n) is 3.90. The van der Waals surface area contributed by atoms with Crippen LogP contribution in [-0.2, 0) is 4.74 Å². The average molecular weight is 208 g/mol. The molecule has 84 valence electrons. The molecule has 0 aromatic carbocycles. The van der Waals surface area contributed by atoms with Crippen molar-refractivity contribution in [3.63, 3.8) is 0 Å². The Morgan fingerprint density at radius 3 is 2.73 bits per heavy atom. The van der Waals surface area contributed by atoms with E-state index >= 15 is 0 Å². The van der Waals surface area contributed by atoms with E-state index in [1.165, 1.54) is 5.56 Å². The van der Waals surface area contributed by atoms with Crippen molar-refractivity contribution in [2.75, 3.05) is 13.7 Å². The average Bonchev–Trinajstić information content (AvgIpc) is 2.21. The van der Waals surface area contributed by atoms with E-state index in [2.05, 4.69) is 16.4 Å². The summed E-state index contributed by atoms with van der Waals surface area (Å²) in [6.45, 7) is 6.79. The van der Waals surface area contributed by atoms with Gasteiger partial charge in [-0.1, -0.05) is 6.07 Å². The number of ether oxygens (including phenoxy) is 1. The summed E-state index contributed by atoms with van der Waals surface area (Å²) in [5.41, 5.74) is 2.27. The Balaban J connectivity index is 2.70. The predicted octanol–water partition coefficient (Wildman–Crippen LogP) is 2.08. The first-order valence-corrected chi connectivity index (χ1v) is 5.35. The first-order chi connectivity index (χ1) is 7.15. The van der Waals surface area contributed by atoms with Crippen LogP contribution in [0.2, 0.25) is 0 Å². The molecule has 3 nitrogen and oxygen atoms in total. The van der Waals surface area contributed by atoms with Crippen molar-refractivity contribution in [2.45, 2.75) is 32.9 Å². The SMILES string of the molecule is CNC(COC(C)C)c1cccnc1C. The van der Waals surface area contributed by atoms with Gasteiger partial charge in [0.1, 0.15) is 0 Å². The van der Waals surface area contributed by atoms with Gasteiger partial charge in [-0.2, -0.15) is 0 Å². The standard InChI is InChI=1S/C12H20N2O/c1-9(2)15-8-12(13-4)11-6-5-7-14-10(11)3/h5-7,9,12-13H,8H2,1-4H3. The molecule has 0 spiro atoms. The van der Waals surface area contributed by atoms with Gasteiger partial charge in [-0.25, -0.2) is 0 Å². The topological polar surface area (TPSA) is 34.1 Å². The molecular weight excluding hydrogens is 188 g/mol. The first-order valence-electron chi connectivity index (χ1n) is 5.35. The van der Waals surface area contributed by atoms with Crippen LogP contribution in [0, 0.1) is 6.92 Å². The van der Waals surface area contributed by atoms with E-state index in [9.17, 15) is 0 Å². The molecule has 15 heavy (non-hydrogen) atoms. The second-order valence-corrected chi connectivity index (χ2v) is 3.90. The van der Waals surface area contributed by atoms with Crippen molar-refractivity contribution in [1.29, 1.82) is 0 Å². The molecule has 1 rings (SSSR count). The lowest BCUT2D eigenvalue weighted by Gasteiger charge is -2.19. The fraction of sp³-hybridized carbons (Fsp3) is 0.583. The van der Waals surface area contributed by atoms with E-state index in [0.717, 1.165) is 5.69 Å². The third-order valence-corrected chi connectivity index (χ3v) is 2.37. The first kappa shape index (κ1) is 12.1. The van der Waals surface area contributed by atoms with E-state index in [0.29, 0.717) is 6.61 Å². The highest BCUT2D eigenvalue weighted by molar-refractivity contribution is 5.22. The molecule has 0 saturated heterocycles. The molecule has 0 saturated carbocycles. The number of hydrogen-bond acceptors (Lipinski definition) is 3. The highest BCUT2D eigenvalue weighted by Crippen LogP contribution is 2.15. The van der Waals surface area contributed by atoms with Crippen LogP contribution >= 0.6 is 0 Å². The molecular formula is C12H20N2O. The van der Waals surface area contributed by atoms with E-state index in [-0.39, 0.29) is 12.1 Å². The van der Waals surface area contributed by atoms with Crippen molar-refractivity contribution < 1.29 is 4.74 Å². The zero-order valence-electron chi connectivity index (χ0n) is 9.95. The monoisotopic (exact) mass is 208 g/mol. The Bertz CT molecular complexity index is 299. The lowest BCUT2D eigenvalue weighted by Crippen LogP contribution is -2.24. The van der Waals surface area contributed by atoms with Crippen LogP contribution in [0.15, 0.2) is 18.3 Å². The summed E-state index contributed by atoms with van der Waals surface area (Å²) < 4.78 is 5.61. The Kier molecular flexibility index (Phi) is 4.72. The van der Waals surface area contributed by atoms with Gasteiger partial charge >= 0.3 is 0 Å². The van der Waals surface area contributed by atoms with Crippen molar-refractivity contribution in [3.8, 4) is 0 Å². The maximum atomic E-state index is 5.61. The van der Waals surface area contributed by atoms with Crippen molar-refractivity contribution in [1.82, 2.24) is 10.3 Å². The van der Waals surface area contributed by atoms with Gasteiger partial charge < -0.3 is 10.1 Å². The third kappa shape index (κ3) is 3.61. The summed E-state index contributed by atoms with van der Waals surface area (Å²) in [5, 5.41) is 3.25. The van der Waals surface area contributed by atoms with Crippen molar-refractivity contribution in [2.24, 2.45) is 0 Å². The molecule has 3 heteroatoms. The Morgan fingerprint density at radius 1 is 1.47 bits per heavy atom. The molecule has 1 aromatic heterocycles. The molecule has 1 aromatic rings. The number of nitrogens with one attached hydrogen (secondary N) is 1. The van der Waals surface area contributed by atoms with Crippen LogP contribution in [0.4, 0.5) is 0 Å². The lowest BCUT2D eigenvalue weighted by atomic mass is 10.1. The van der Waals surface area contributed by atoms with Crippen molar-refractivity contribution >= 4 is 0 Å². The van der Waals surface area contributed by atoms with Gasteiger partial charge in [0.2, 0.25) is 0 Å². The van der Waals surface area contributed by atoms with Crippen LogP contribution in [-0.4, -0.2) is 24.7 Å². The molecule has 0 aliphatic heterocycles. The van der Waals surface area contributed by atoms with Crippen LogP contribution in [0.25, 0.3) is 0 Å². The summed E-state index contributed by atoms with van der Waals surface area (Å²) in [6.07, 6.45) is 2.08. The van der Waals surface area contributed by atoms with Crippen LogP contribution in [0.3, 0.4) is 0 Å². The summed E-state index contributed by atoms with van der Waals surface area (Å²) >= 11 is 0. The molecule has 0 aliphatic carbocycles. The van der Waals surface area contributed by atoms with Crippen LogP contribution in [0.1, 0.15) is 31.1 Å². The quantitative estimate of drug-likeness (QED) is 0.804. The maximum Gasteiger partial charge on any atom is 0.0665 e. The van der Waals surface area contributed by atoms with Gasteiger partial charge in [0, 0.05) is 11.9 Å². The largest absolute Gasteiger partial charge is 0.377 e. The Morgan fingerprint density at radius 2 is 2.20 bits per heavy atom. The molecule has 1 N–H and O–H groups in total. The molecule has 1 unspecified atom stereocenters. The number of pyridine rings is 1. The highest BCUT2D eigenvalue weighted by Gasteiger charge is 2.12. The number of rotatable bonds is 5. The van der Waals surface area contributed by atoms with Gasteiger partial charge in [0.05, 0.1) is 18.8 Å². The molecule has 0 aliphatic rings. The van der Waals surface area contributed by atoms with Gasteiger partial charge in [-0.05, 0) is 39.4 Å². The minimum absolute atomic E-state index is 0.223. The highest BCUT2D eigenvalue weighted by atomic mass is 16.5. The molecule has 0 amide bonds. The van der Waals surface area contributed by atoms with Gasteiger partial charge in [0.15, 0.2) is 0 Å². The molecule has 0 fully saturated rings. The van der Waals surface area contributed by atoms with Gasteiger partial charge in [0.25, 0.3) is 0 Å². The Labute approximate surface area is 91.9 Å². The predicted molar refractivity (Wildman–Crippen MR) is 61.9 cm³/mol. The zero-order valence-corrected chi connectivity index (χ0v) is 9.95. The van der Waals surface area contributed by atoms with Gasteiger partial charge in [-0.15, -0.1) is 0 Å². The van der Waals surface area contributed by atoms with E-state index in [1.807, 2.05) is 40.1 Å². The van der Waals surface area contributed by atoms with E-state index in [4.69, 9.17) is 4.74 Å². The normalized spacial score (nSPS) is 13.1. The molecule has 1 atom stereocenters. The van der Waals surface area contributed by atoms with E-state index < -0.39 is 0 Å². The number of likely N-dealkylation sites (N-methyl/N-ethyl adjacent to an activating group) is 1. The zero-order chi connectivity index (χ0) is 11.3. The number of aryl methyl sites for hydroxylation is 1. The minimum Gasteiger partial charge on any atom is -0.377 e. The number of hydrogen-bond donors (Lipinski definition) is 1. The van der Waals surface area contributed by atoms with Crippen LogP contribution < -0.4 is 5.32 Å². The van der Waals surface area contributed by atoms with E-state index in [1.54, 1.807) is 0 Å². The van der Waals surface area contributed by atoms with Gasteiger partial charge in [-0.3, -0.25) is 4.98 Å². The number of nitrogens with zero attached hydrogens (tertiary/aromatic N) is 1. The van der Waals surface area contributed by atoms with Crippen LogP contribution in [0.5, 0.6) is 0 Å². The summed E-state index contributed by atoms with van der Waals surface area (Å²) in [4.78, 5) is 4.28. The fourth-order valence-electron chi connectivity index (χ4n) is 1.48. The Hall–Kier alpha value is -0.930. The molecule has 0 radical (unpaired) electrons. The molecule has 1 heterocycles. The minimum atomic E-state index is 0.223. The summed E-state index contributed by atoms with van der Waals surface area (Å²) in [7, 11) is 1.95.